The highest BCUT2D eigenvalue weighted by molar-refractivity contribution is 6.31. The number of pyridine rings is 2. The van der Waals surface area contributed by atoms with Crippen molar-refractivity contribution in [3.8, 4) is 11.3 Å². The summed E-state index contributed by atoms with van der Waals surface area (Å²) in [6, 6.07) is 4.30. The van der Waals surface area contributed by atoms with E-state index in [-0.39, 0.29) is 51.9 Å². The zero-order valence-corrected chi connectivity index (χ0v) is 30.5. The first-order valence-electron chi connectivity index (χ1n) is 17.7. The van der Waals surface area contributed by atoms with Crippen LogP contribution in [0, 0.1) is 17.6 Å². The maximum absolute atomic E-state index is 16.2. The van der Waals surface area contributed by atoms with Gasteiger partial charge in [0.05, 0.1) is 50.6 Å². The third-order valence-corrected chi connectivity index (χ3v) is 11.3. The number of halogens is 4. The number of benzene rings is 1. The summed E-state index contributed by atoms with van der Waals surface area (Å²) in [5, 5.41) is 15.7. The average molecular weight is 725 g/mol. The van der Waals surface area contributed by atoms with Crippen molar-refractivity contribution in [3.05, 3.63) is 58.4 Å². The Bertz CT molecular complexity index is 2020. The van der Waals surface area contributed by atoms with Crippen molar-refractivity contribution in [3.63, 3.8) is 0 Å². The smallest absolute Gasteiger partial charge is 0.239 e. The van der Waals surface area contributed by atoms with Gasteiger partial charge in [-0.15, -0.1) is 0 Å². The number of aliphatic hydroxyl groups is 1. The molecule has 3 aromatic heterocycles. The molecule has 1 amide bonds. The lowest BCUT2D eigenvalue weighted by Gasteiger charge is -2.55. The van der Waals surface area contributed by atoms with Gasteiger partial charge >= 0.3 is 0 Å². The number of nitrogens with zero attached hydrogens (tertiary/aromatic N) is 6. The van der Waals surface area contributed by atoms with Crippen molar-refractivity contribution in [2.45, 2.75) is 103 Å². The van der Waals surface area contributed by atoms with Gasteiger partial charge in [-0.2, -0.15) is 4.39 Å². The molecule has 1 unspecified atom stereocenters. The van der Waals surface area contributed by atoms with Crippen LogP contribution in [0.5, 0.6) is 0 Å². The molecule has 0 spiro atoms. The molecular weight excluding hydrogens is 681 g/mol. The van der Waals surface area contributed by atoms with Gasteiger partial charge < -0.3 is 19.9 Å². The molecule has 0 bridgehead atoms. The Labute approximate surface area is 300 Å². The number of hydrogen-bond donors (Lipinski definition) is 3. The minimum absolute atomic E-state index is 0.00409. The second-order valence-electron chi connectivity index (χ2n) is 15.1. The predicted molar refractivity (Wildman–Crippen MR) is 192 cm³/mol. The number of anilines is 3. The molecule has 14 heteroatoms. The third kappa shape index (κ3) is 5.86. The Kier molecular flexibility index (Phi) is 9.09. The number of hydrogen-bond acceptors (Lipinski definition) is 8. The number of carbonyl (C=O) groups is 1. The van der Waals surface area contributed by atoms with Crippen LogP contribution < -0.4 is 15.5 Å². The lowest BCUT2D eigenvalue weighted by molar-refractivity contribution is -0.123. The summed E-state index contributed by atoms with van der Waals surface area (Å²) in [5.74, 6) is -3.48. The SMILES string of the molecule is CCNC(O)c1cc(Nc2nc(-c3cc4c(nc3F)C(C)(C)C(=O)N4[C@H]3C[C@@](C)(N4CCCCC4)C3)cc3ncn(C(C)C)c23)c(F)c(F)c1Cl. The van der Waals surface area contributed by atoms with Gasteiger partial charge in [0.15, 0.2) is 17.5 Å². The molecule has 1 saturated carbocycles. The summed E-state index contributed by atoms with van der Waals surface area (Å²) in [6.07, 6.45) is 5.43. The number of aliphatic hydroxyl groups excluding tert-OH is 1. The highest BCUT2D eigenvalue weighted by atomic mass is 35.5. The fourth-order valence-electron chi connectivity index (χ4n) is 8.03. The van der Waals surface area contributed by atoms with Gasteiger partial charge in [-0.1, -0.05) is 24.9 Å². The van der Waals surface area contributed by atoms with Gasteiger partial charge in [0.1, 0.15) is 11.7 Å². The van der Waals surface area contributed by atoms with Crippen LogP contribution >= 0.6 is 11.6 Å². The molecule has 272 valence electrons. The largest absolute Gasteiger partial charge is 0.374 e. The molecule has 3 N–H and O–H groups in total. The van der Waals surface area contributed by atoms with E-state index >= 15 is 13.2 Å². The number of imidazole rings is 1. The number of fused-ring (bicyclic) bond motifs is 2. The molecule has 1 aromatic carbocycles. The van der Waals surface area contributed by atoms with E-state index in [1.54, 1.807) is 44.1 Å². The average Bonchev–Trinajstić information content (AvgIpc) is 3.60. The Morgan fingerprint density at radius 1 is 1.04 bits per heavy atom. The summed E-state index contributed by atoms with van der Waals surface area (Å²) in [6.45, 7) is 13.9. The first-order valence-corrected chi connectivity index (χ1v) is 18.1. The van der Waals surface area contributed by atoms with Crippen LogP contribution in [0.4, 0.5) is 30.4 Å². The van der Waals surface area contributed by atoms with Crippen LogP contribution in [-0.4, -0.2) is 66.6 Å². The van der Waals surface area contributed by atoms with Gasteiger partial charge in [-0.05, 0) is 98.1 Å². The summed E-state index contributed by atoms with van der Waals surface area (Å²) in [4.78, 5) is 32.0. The van der Waals surface area contributed by atoms with E-state index in [2.05, 4.69) is 32.4 Å². The lowest BCUT2D eigenvalue weighted by atomic mass is 9.71. The van der Waals surface area contributed by atoms with Crippen molar-refractivity contribution in [2.24, 2.45) is 0 Å². The Hall–Kier alpha value is -3.78. The highest BCUT2D eigenvalue weighted by Crippen LogP contribution is 2.50. The first kappa shape index (κ1) is 35.6. The van der Waals surface area contributed by atoms with E-state index < -0.39 is 34.2 Å². The van der Waals surface area contributed by atoms with E-state index in [0.717, 1.165) is 25.9 Å². The number of amides is 1. The van der Waals surface area contributed by atoms with Crippen LogP contribution in [-0.2, 0) is 10.2 Å². The maximum Gasteiger partial charge on any atom is 0.239 e. The van der Waals surface area contributed by atoms with Crippen molar-refractivity contribution < 1.29 is 23.1 Å². The molecule has 0 radical (unpaired) electrons. The molecule has 51 heavy (non-hydrogen) atoms. The monoisotopic (exact) mass is 724 g/mol. The molecule has 10 nitrogen and oxygen atoms in total. The minimum atomic E-state index is -1.37. The normalized spacial score (nSPS) is 22.5. The number of aromatic nitrogens is 4. The second-order valence-corrected chi connectivity index (χ2v) is 15.5. The maximum atomic E-state index is 16.2. The number of piperidine rings is 1. The van der Waals surface area contributed by atoms with E-state index in [9.17, 15) is 9.90 Å². The quantitative estimate of drug-likeness (QED) is 0.0924. The van der Waals surface area contributed by atoms with Crippen LogP contribution in [0.2, 0.25) is 5.02 Å². The molecule has 1 aliphatic carbocycles. The second kappa shape index (κ2) is 13.0. The molecular formula is C37H44ClF3N8O2. The van der Waals surface area contributed by atoms with Crippen LogP contribution in [0.25, 0.3) is 22.3 Å². The molecule has 2 aliphatic heterocycles. The molecule has 1 atom stereocenters. The summed E-state index contributed by atoms with van der Waals surface area (Å²) < 4.78 is 48.5. The van der Waals surface area contributed by atoms with Crippen LogP contribution in [0.1, 0.15) is 97.2 Å². The Morgan fingerprint density at radius 3 is 2.41 bits per heavy atom. The van der Waals surface area contributed by atoms with Crippen LogP contribution in [0.3, 0.4) is 0 Å². The number of likely N-dealkylation sites (tertiary alicyclic amines) is 1. The van der Waals surface area contributed by atoms with E-state index in [0.29, 0.717) is 29.0 Å². The molecule has 5 heterocycles. The van der Waals surface area contributed by atoms with Gasteiger partial charge in [-0.3, -0.25) is 15.0 Å². The van der Waals surface area contributed by atoms with Crippen molar-refractivity contribution in [2.75, 3.05) is 29.9 Å². The fourth-order valence-corrected chi connectivity index (χ4v) is 8.27. The Balaban J connectivity index is 1.32. The van der Waals surface area contributed by atoms with E-state index in [4.69, 9.17) is 16.6 Å². The zero-order valence-electron chi connectivity index (χ0n) is 29.7. The molecule has 7 rings (SSSR count). The number of rotatable bonds is 9. The standard InChI is InChI=1S/C37H44ClF3N8O2/c1-7-42-34(50)22-13-24(28(39)29(40)27(22)38)45-33-30-25(43-18-48(30)19(2)3)15-23(44-33)21-14-26-31(46-32(21)41)36(4,5)35(51)49(26)20-16-37(6,17-20)47-11-9-8-10-12-47/h13-15,18-20,34,42,50H,7-12,16-17H2,1-6H3,(H,44,45)/t20-,34?,37+. The fraction of sp³-hybridized carbons (Fsp3) is 0.514. The first-order chi connectivity index (χ1) is 24.2. The van der Waals surface area contributed by atoms with Gasteiger partial charge in [0.25, 0.3) is 0 Å². The zero-order chi connectivity index (χ0) is 36.6. The lowest BCUT2D eigenvalue weighted by Crippen LogP contribution is -2.64. The highest BCUT2D eigenvalue weighted by Gasteiger charge is 2.55. The summed E-state index contributed by atoms with van der Waals surface area (Å²) >= 11 is 6.10. The molecule has 2 fully saturated rings. The van der Waals surface area contributed by atoms with Crippen molar-refractivity contribution in [1.29, 1.82) is 0 Å². The van der Waals surface area contributed by atoms with Gasteiger partial charge in [-0.25, -0.2) is 23.7 Å². The minimum Gasteiger partial charge on any atom is -0.374 e. The molecule has 3 aliphatic rings. The van der Waals surface area contributed by atoms with Crippen molar-refractivity contribution >= 4 is 45.7 Å². The van der Waals surface area contributed by atoms with Crippen molar-refractivity contribution in [1.82, 2.24) is 29.7 Å². The molecule has 1 saturated heterocycles. The van der Waals surface area contributed by atoms with Gasteiger partial charge in [0.2, 0.25) is 11.9 Å². The third-order valence-electron chi connectivity index (χ3n) is 10.9. The predicted octanol–water partition coefficient (Wildman–Crippen LogP) is 7.52. The number of carbonyl (C=O) groups excluding carboxylic acids is 1. The van der Waals surface area contributed by atoms with Crippen LogP contribution in [0.15, 0.2) is 24.5 Å². The summed E-state index contributed by atoms with van der Waals surface area (Å²) in [7, 11) is 0. The van der Waals surface area contributed by atoms with E-state index in [1.165, 1.54) is 25.3 Å². The summed E-state index contributed by atoms with van der Waals surface area (Å²) in [5.41, 5.74) is 0.540. The Morgan fingerprint density at radius 2 is 1.75 bits per heavy atom. The topological polar surface area (TPSA) is 111 Å². The molecule has 4 aromatic rings. The van der Waals surface area contributed by atoms with Gasteiger partial charge in [0, 0.05) is 23.2 Å². The number of nitrogens with one attached hydrogen (secondary N) is 2. The van der Waals surface area contributed by atoms with E-state index in [1.807, 2.05) is 18.4 Å².